The van der Waals surface area contributed by atoms with Crippen LogP contribution in [0.1, 0.15) is 0 Å². The van der Waals surface area contributed by atoms with E-state index in [2.05, 4.69) is 205 Å². The number of anilines is 3. The zero-order valence-corrected chi connectivity index (χ0v) is 27.4. The minimum Gasteiger partial charge on any atom is -0.456 e. The van der Waals surface area contributed by atoms with Crippen molar-refractivity contribution < 1.29 is 4.42 Å². The Morgan fingerprint density at radius 2 is 0.640 bits per heavy atom. The molecule has 1 heterocycles. The summed E-state index contributed by atoms with van der Waals surface area (Å²) in [4.78, 5) is 2.31. The minimum absolute atomic E-state index is 0.864. The van der Waals surface area contributed by atoms with E-state index in [9.17, 15) is 0 Å². The number of fused-ring (bicyclic) bond motifs is 2. The third-order valence-electron chi connectivity index (χ3n) is 9.48. The fraction of sp³-hybridized carbons (Fsp3) is 0. The first-order valence-electron chi connectivity index (χ1n) is 17.0. The van der Waals surface area contributed by atoms with Gasteiger partial charge in [-0.1, -0.05) is 133 Å². The lowest BCUT2D eigenvalue weighted by Crippen LogP contribution is -2.09. The summed E-state index contributed by atoms with van der Waals surface area (Å²) in [7, 11) is 0. The molecule has 9 rings (SSSR count). The van der Waals surface area contributed by atoms with Crippen molar-refractivity contribution in [3.05, 3.63) is 200 Å². The summed E-state index contributed by atoms with van der Waals surface area (Å²) in [5.74, 6) is 0.864. The maximum atomic E-state index is 6.36. The summed E-state index contributed by atoms with van der Waals surface area (Å²) in [5.41, 5.74) is 12.4. The molecule has 9 aromatic rings. The Labute approximate surface area is 292 Å². The normalized spacial score (nSPS) is 11.2. The summed E-state index contributed by atoms with van der Waals surface area (Å²) < 4.78 is 6.36. The molecule has 50 heavy (non-hydrogen) atoms. The number of furan rings is 1. The van der Waals surface area contributed by atoms with E-state index in [1.165, 1.54) is 44.2 Å². The summed E-state index contributed by atoms with van der Waals surface area (Å²) in [6.45, 7) is 0. The summed E-state index contributed by atoms with van der Waals surface area (Å²) in [6.07, 6.45) is 0. The van der Waals surface area contributed by atoms with Crippen molar-refractivity contribution in [1.29, 1.82) is 0 Å². The van der Waals surface area contributed by atoms with Crippen molar-refractivity contribution >= 4 is 38.8 Å². The molecule has 0 saturated carbocycles. The molecular formula is C48H33NO. The van der Waals surface area contributed by atoms with Crippen LogP contribution in [0.25, 0.3) is 66.4 Å². The highest BCUT2D eigenvalue weighted by Crippen LogP contribution is 2.39. The standard InChI is InChI=1S/C48H33NO/c1-3-9-34(10-4-1)36-15-17-37(18-16-36)39-21-27-45(28-22-39)49(44-25-19-38(20-26-44)35-11-5-2-6-12-35)46-29-23-40(24-30-46)47-33-43-31-41-13-7-8-14-42(41)32-48(43)50-47/h1-33H. The number of rotatable bonds is 7. The van der Waals surface area contributed by atoms with Gasteiger partial charge in [-0.15, -0.1) is 0 Å². The number of hydrogen-bond donors (Lipinski definition) is 0. The first kappa shape index (κ1) is 29.5. The zero-order valence-electron chi connectivity index (χ0n) is 27.4. The SMILES string of the molecule is c1ccc(-c2ccc(-c3ccc(N(c4ccc(-c5ccccc5)cc4)c4ccc(-c5cc6cc7ccccc7cc6o5)cc4)cc3)cc2)cc1. The van der Waals surface area contributed by atoms with E-state index in [4.69, 9.17) is 4.42 Å². The molecule has 8 aromatic carbocycles. The molecule has 0 radical (unpaired) electrons. The third kappa shape index (κ3) is 5.74. The smallest absolute Gasteiger partial charge is 0.135 e. The summed E-state index contributed by atoms with van der Waals surface area (Å²) >= 11 is 0. The molecule has 0 atom stereocenters. The third-order valence-corrected chi connectivity index (χ3v) is 9.48. The van der Waals surface area contributed by atoms with Crippen molar-refractivity contribution in [2.75, 3.05) is 4.90 Å². The number of benzene rings is 8. The van der Waals surface area contributed by atoms with Crippen LogP contribution in [0.4, 0.5) is 17.1 Å². The predicted octanol–water partition coefficient (Wildman–Crippen LogP) is 13.7. The quantitative estimate of drug-likeness (QED) is 0.173. The molecule has 0 aliphatic carbocycles. The van der Waals surface area contributed by atoms with E-state index >= 15 is 0 Å². The van der Waals surface area contributed by atoms with Crippen LogP contribution < -0.4 is 4.90 Å². The molecule has 0 N–H and O–H groups in total. The van der Waals surface area contributed by atoms with E-state index in [-0.39, 0.29) is 0 Å². The van der Waals surface area contributed by atoms with Gasteiger partial charge in [-0.3, -0.25) is 0 Å². The topological polar surface area (TPSA) is 16.4 Å². The van der Waals surface area contributed by atoms with Crippen LogP contribution in [0.2, 0.25) is 0 Å². The van der Waals surface area contributed by atoms with Crippen LogP contribution in [-0.4, -0.2) is 0 Å². The van der Waals surface area contributed by atoms with Crippen LogP contribution in [0.5, 0.6) is 0 Å². The second kappa shape index (κ2) is 12.8. The van der Waals surface area contributed by atoms with Gasteiger partial charge in [0.25, 0.3) is 0 Å². The first-order chi connectivity index (χ1) is 24.7. The summed E-state index contributed by atoms with van der Waals surface area (Å²) in [5, 5.41) is 3.50. The number of nitrogens with zero attached hydrogens (tertiary/aromatic N) is 1. The highest BCUT2D eigenvalue weighted by Gasteiger charge is 2.15. The largest absolute Gasteiger partial charge is 0.456 e. The molecule has 2 nitrogen and oxygen atoms in total. The van der Waals surface area contributed by atoms with E-state index in [1.807, 2.05) is 0 Å². The maximum absolute atomic E-state index is 6.36. The lowest BCUT2D eigenvalue weighted by Gasteiger charge is -2.26. The maximum Gasteiger partial charge on any atom is 0.135 e. The van der Waals surface area contributed by atoms with Gasteiger partial charge in [0.05, 0.1) is 0 Å². The van der Waals surface area contributed by atoms with Gasteiger partial charge in [0.15, 0.2) is 0 Å². The highest BCUT2D eigenvalue weighted by atomic mass is 16.3. The molecule has 0 amide bonds. The van der Waals surface area contributed by atoms with Crippen LogP contribution in [0.3, 0.4) is 0 Å². The second-order valence-corrected chi connectivity index (χ2v) is 12.6. The molecule has 0 spiro atoms. The van der Waals surface area contributed by atoms with Crippen LogP contribution in [0, 0.1) is 0 Å². The van der Waals surface area contributed by atoms with E-state index in [0.29, 0.717) is 0 Å². The van der Waals surface area contributed by atoms with Gasteiger partial charge < -0.3 is 9.32 Å². The van der Waals surface area contributed by atoms with Gasteiger partial charge in [0, 0.05) is 28.0 Å². The molecule has 1 aromatic heterocycles. The fourth-order valence-electron chi connectivity index (χ4n) is 6.81. The molecular weight excluding hydrogens is 607 g/mol. The summed E-state index contributed by atoms with van der Waals surface area (Å²) in [6, 6.07) is 71.0. The Bertz CT molecular complexity index is 2480. The van der Waals surface area contributed by atoms with Crippen LogP contribution in [0.15, 0.2) is 205 Å². The zero-order chi connectivity index (χ0) is 33.3. The molecule has 0 saturated heterocycles. The molecule has 236 valence electrons. The fourth-order valence-corrected chi connectivity index (χ4v) is 6.81. The molecule has 0 aliphatic heterocycles. The lowest BCUT2D eigenvalue weighted by molar-refractivity contribution is 0.632. The second-order valence-electron chi connectivity index (χ2n) is 12.6. The van der Waals surface area contributed by atoms with Crippen molar-refractivity contribution in [3.8, 4) is 44.7 Å². The molecule has 0 bridgehead atoms. The average molecular weight is 640 g/mol. The van der Waals surface area contributed by atoms with E-state index < -0.39 is 0 Å². The van der Waals surface area contributed by atoms with Crippen molar-refractivity contribution in [2.24, 2.45) is 0 Å². The van der Waals surface area contributed by atoms with Gasteiger partial charge in [-0.2, -0.15) is 0 Å². The van der Waals surface area contributed by atoms with Gasteiger partial charge in [-0.05, 0) is 111 Å². The molecule has 0 fully saturated rings. The Kier molecular flexibility index (Phi) is 7.53. The average Bonchev–Trinajstić information content (AvgIpc) is 3.61. The predicted molar refractivity (Wildman–Crippen MR) is 210 cm³/mol. The van der Waals surface area contributed by atoms with Crippen LogP contribution >= 0.6 is 0 Å². The first-order valence-corrected chi connectivity index (χ1v) is 17.0. The van der Waals surface area contributed by atoms with Crippen LogP contribution in [-0.2, 0) is 0 Å². The Hall–Kier alpha value is -6.64. The molecule has 2 heteroatoms. The van der Waals surface area contributed by atoms with E-state index in [1.54, 1.807) is 0 Å². The van der Waals surface area contributed by atoms with Gasteiger partial charge in [0.2, 0.25) is 0 Å². The van der Waals surface area contributed by atoms with Gasteiger partial charge in [0.1, 0.15) is 11.3 Å². The molecule has 0 aliphatic rings. The van der Waals surface area contributed by atoms with Crippen molar-refractivity contribution in [3.63, 3.8) is 0 Å². The molecule has 0 unspecified atom stereocenters. The highest BCUT2D eigenvalue weighted by molar-refractivity contribution is 5.97. The van der Waals surface area contributed by atoms with Gasteiger partial charge in [-0.25, -0.2) is 0 Å². The monoisotopic (exact) mass is 639 g/mol. The van der Waals surface area contributed by atoms with E-state index in [0.717, 1.165) is 39.4 Å². The number of hydrogen-bond acceptors (Lipinski definition) is 2. The minimum atomic E-state index is 0.864. The Balaban J connectivity index is 1.05. The van der Waals surface area contributed by atoms with Gasteiger partial charge >= 0.3 is 0 Å². The van der Waals surface area contributed by atoms with Crippen molar-refractivity contribution in [2.45, 2.75) is 0 Å². The van der Waals surface area contributed by atoms with Crippen molar-refractivity contribution in [1.82, 2.24) is 0 Å². The Morgan fingerprint density at radius 3 is 1.10 bits per heavy atom. The Morgan fingerprint density at radius 1 is 0.280 bits per heavy atom. The lowest BCUT2D eigenvalue weighted by atomic mass is 10.00.